The zero-order valence-electron chi connectivity index (χ0n) is 16.1. The number of piperidine rings is 1. The summed E-state index contributed by atoms with van der Waals surface area (Å²) in [7, 11) is 1.88. The molecule has 2 N–H and O–H groups in total. The van der Waals surface area contributed by atoms with Crippen molar-refractivity contribution >= 4 is 11.7 Å². The molecular formula is C20H28N4O3. The Balaban J connectivity index is 1.57. The predicted molar refractivity (Wildman–Crippen MR) is 104 cm³/mol. The molecule has 0 saturated carbocycles. The van der Waals surface area contributed by atoms with E-state index in [4.69, 9.17) is 4.74 Å². The topological polar surface area (TPSA) is 79.6 Å². The Kier molecular flexibility index (Phi) is 6.01. The summed E-state index contributed by atoms with van der Waals surface area (Å²) in [5.41, 5.74) is 0.673. The average Bonchev–Trinajstić information content (AvgIpc) is 3.08. The number of hydrogen-bond donors (Lipinski definition) is 2. The molecule has 1 aliphatic heterocycles. The molecule has 1 fully saturated rings. The van der Waals surface area contributed by atoms with Crippen LogP contribution in [0.3, 0.4) is 0 Å². The SMILES string of the molecule is CC(C)Oc1ccccc1NC(=O)N1CCC(C(O)c2nccn2C)CC1. The Morgan fingerprint density at radius 2 is 2.00 bits per heavy atom. The molecule has 0 radical (unpaired) electrons. The van der Waals surface area contributed by atoms with Gasteiger partial charge in [-0.25, -0.2) is 9.78 Å². The van der Waals surface area contributed by atoms with Crippen LogP contribution in [-0.4, -0.2) is 44.8 Å². The van der Waals surface area contributed by atoms with Gasteiger partial charge in [0.1, 0.15) is 17.7 Å². The van der Waals surface area contributed by atoms with Crippen molar-refractivity contribution in [3.05, 3.63) is 42.5 Å². The van der Waals surface area contributed by atoms with Crippen LogP contribution in [0.5, 0.6) is 5.75 Å². The minimum atomic E-state index is -0.602. The fourth-order valence-electron chi connectivity index (χ4n) is 3.41. The largest absolute Gasteiger partial charge is 0.489 e. The number of nitrogens with one attached hydrogen (secondary N) is 1. The number of rotatable bonds is 5. The van der Waals surface area contributed by atoms with Gasteiger partial charge in [-0.05, 0) is 44.7 Å². The van der Waals surface area contributed by atoms with Crippen LogP contribution < -0.4 is 10.1 Å². The second-order valence-corrected chi connectivity index (χ2v) is 7.26. The molecule has 3 rings (SSSR count). The molecule has 1 aromatic heterocycles. The second kappa shape index (κ2) is 8.43. The van der Waals surface area contributed by atoms with E-state index < -0.39 is 6.10 Å². The van der Waals surface area contributed by atoms with E-state index in [9.17, 15) is 9.90 Å². The lowest BCUT2D eigenvalue weighted by molar-refractivity contribution is 0.0599. The summed E-state index contributed by atoms with van der Waals surface area (Å²) in [5, 5.41) is 13.5. The molecule has 146 valence electrons. The average molecular weight is 372 g/mol. The zero-order chi connectivity index (χ0) is 19.4. The van der Waals surface area contributed by atoms with Gasteiger partial charge in [0.15, 0.2) is 0 Å². The fourth-order valence-corrected chi connectivity index (χ4v) is 3.41. The van der Waals surface area contributed by atoms with E-state index in [1.165, 1.54) is 0 Å². The Labute approximate surface area is 160 Å². The molecule has 7 nitrogen and oxygen atoms in total. The molecule has 1 aliphatic rings. The number of aliphatic hydroxyl groups excluding tert-OH is 1. The summed E-state index contributed by atoms with van der Waals surface area (Å²) in [6, 6.07) is 7.31. The first-order valence-electron chi connectivity index (χ1n) is 9.42. The van der Waals surface area contributed by atoms with Gasteiger partial charge < -0.3 is 24.6 Å². The van der Waals surface area contributed by atoms with Crippen LogP contribution in [0.4, 0.5) is 10.5 Å². The summed E-state index contributed by atoms with van der Waals surface area (Å²) in [6.07, 6.45) is 4.44. The van der Waals surface area contributed by atoms with E-state index in [0.29, 0.717) is 30.4 Å². The lowest BCUT2D eigenvalue weighted by atomic mass is 9.91. The number of para-hydroxylation sites is 2. The van der Waals surface area contributed by atoms with Crippen molar-refractivity contribution in [1.29, 1.82) is 0 Å². The molecule has 1 unspecified atom stereocenters. The monoisotopic (exact) mass is 372 g/mol. The van der Waals surface area contributed by atoms with Gasteiger partial charge in [-0.15, -0.1) is 0 Å². The summed E-state index contributed by atoms with van der Waals surface area (Å²) in [4.78, 5) is 18.7. The molecule has 0 spiro atoms. The van der Waals surface area contributed by atoms with E-state index in [2.05, 4.69) is 10.3 Å². The molecule has 2 heterocycles. The van der Waals surface area contributed by atoms with Gasteiger partial charge in [0.2, 0.25) is 0 Å². The van der Waals surface area contributed by atoms with Crippen molar-refractivity contribution in [3.63, 3.8) is 0 Å². The number of hydrogen-bond acceptors (Lipinski definition) is 4. The molecule has 1 aromatic carbocycles. The number of likely N-dealkylation sites (tertiary alicyclic amines) is 1. The van der Waals surface area contributed by atoms with E-state index in [-0.39, 0.29) is 18.1 Å². The van der Waals surface area contributed by atoms with E-state index in [0.717, 1.165) is 12.8 Å². The third kappa shape index (κ3) is 4.60. The normalized spacial score (nSPS) is 16.4. The number of ether oxygens (including phenoxy) is 1. The maximum Gasteiger partial charge on any atom is 0.321 e. The maximum atomic E-state index is 12.6. The van der Waals surface area contributed by atoms with Crippen molar-refractivity contribution in [3.8, 4) is 5.75 Å². The van der Waals surface area contributed by atoms with Gasteiger partial charge in [-0.1, -0.05) is 12.1 Å². The molecule has 0 bridgehead atoms. The Morgan fingerprint density at radius 1 is 1.30 bits per heavy atom. The summed E-state index contributed by atoms with van der Waals surface area (Å²) in [5.74, 6) is 1.45. The van der Waals surface area contributed by atoms with Crippen LogP contribution in [0.25, 0.3) is 0 Å². The van der Waals surface area contributed by atoms with Gasteiger partial charge in [0, 0.05) is 32.5 Å². The van der Waals surface area contributed by atoms with Gasteiger partial charge in [0.25, 0.3) is 0 Å². The fraction of sp³-hybridized carbons (Fsp3) is 0.500. The maximum absolute atomic E-state index is 12.6. The van der Waals surface area contributed by atoms with Crippen molar-refractivity contribution < 1.29 is 14.6 Å². The van der Waals surface area contributed by atoms with Crippen molar-refractivity contribution in [1.82, 2.24) is 14.5 Å². The van der Waals surface area contributed by atoms with E-state index in [1.54, 1.807) is 11.1 Å². The van der Waals surface area contributed by atoms with Crippen molar-refractivity contribution in [2.24, 2.45) is 13.0 Å². The Hall–Kier alpha value is -2.54. The molecular weight excluding hydrogens is 344 g/mol. The highest BCUT2D eigenvalue weighted by atomic mass is 16.5. The van der Waals surface area contributed by atoms with Crippen LogP contribution >= 0.6 is 0 Å². The highest BCUT2D eigenvalue weighted by Gasteiger charge is 2.30. The molecule has 1 saturated heterocycles. The molecule has 2 amide bonds. The number of imidazole rings is 1. The third-order valence-corrected chi connectivity index (χ3v) is 4.89. The highest BCUT2D eigenvalue weighted by Crippen LogP contribution is 2.30. The number of carbonyl (C=O) groups is 1. The lowest BCUT2D eigenvalue weighted by Crippen LogP contribution is -2.42. The predicted octanol–water partition coefficient (Wildman–Crippen LogP) is 3.18. The first kappa shape index (κ1) is 19.2. The Morgan fingerprint density at radius 3 is 2.63 bits per heavy atom. The Bertz CT molecular complexity index is 766. The molecule has 0 aliphatic carbocycles. The number of carbonyl (C=O) groups excluding carboxylic acids is 1. The first-order valence-corrected chi connectivity index (χ1v) is 9.42. The van der Waals surface area contributed by atoms with Gasteiger partial charge in [-0.3, -0.25) is 0 Å². The van der Waals surface area contributed by atoms with Crippen LogP contribution in [0.15, 0.2) is 36.7 Å². The first-order chi connectivity index (χ1) is 13.0. The quantitative estimate of drug-likeness (QED) is 0.845. The number of nitrogens with zero attached hydrogens (tertiary/aromatic N) is 3. The van der Waals surface area contributed by atoms with Crippen LogP contribution in [-0.2, 0) is 7.05 Å². The minimum Gasteiger partial charge on any atom is -0.489 e. The zero-order valence-corrected chi connectivity index (χ0v) is 16.1. The number of benzene rings is 1. The molecule has 7 heteroatoms. The summed E-state index contributed by atoms with van der Waals surface area (Å²) < 4.78 is 7.60. The van der Waals surface area contributed by atoms with Crippen molar-refractivity contribution in [2.45, 2.75) is 38.9 Å². The molecule has 2 aromatic rings. The number of aliphatic hydroxyl groups is 1. The molecule has 27 heavy (non-hydrogen) atoms. The van der Waals surface area contributed by atoms with Crippen LogP contribution in [0.1, 0.15) is 38.6 Å². The van der Waals surface area contributed by atoms with Gasteiger partial charge in [-0.2, -0.15) is 0 Å². The van der Waals surface area contributed by atoms with Crippen LogP contribution in [0, 0.1) is 5.92 Å². The number of aryl methyl sites for hydroxylation is 1. The smallest absolute Gasteiger partial charge is 0.321 e. The summed E-state index contributed by atoms with van der Waals surface area (Å²) >= 11 is 0. The van der Waals surface area contributed by atoms with Crippen LogP contribution in [0.2, 0.25) is 0 Å². The van der Waals surface area contributed by atoms with E-state index in [1.807, 2.05) is 55.9 Å². The third-order valence-electron chi connectivity index (χ3n) is 4.89. The van der Waals surface area contributed by atoms with Crippen molar-refractivity contribution in [2.75, 3.05) is 18.4 Å². The van der Waals surface area contributed by atoms with Gasteiger partial charge in [0.05, 0.1) is 11.8 Å². The number of aromatic nitrogens is 2. The second-order valence-electron chi connectivity index (χ2n) is 7.26. The number of anilines is 1. The number of urea groups is 1. The minimum absolute atomic E-state index is 0.0337. The molecule has 1 atom stereocenters. The standard InChI is InChI=1S/C20H28N4O3/c1-14(2)27-17-7-5-4-6-16(17)22-20(26)24-11-8-15(9-12-24)18(25)19-21-10-13-23(19)3/h4-7,10,13-15,18,25H,8-9,11-12H2,1-3H3,(H,22,26). The number of amides is 2. The lowest BCUT2D eigenvalue weighted by Gasteiger charge is -2.34. The highest BCUT2D eigenvalue weighted by molar-refractivity contribution is 5.91. The van der Waals surface area contributed by atoms with E-state index >= 15 is 0 Å². The van der Waals surface area contributed by atoms with Gasteiger partial charge >= 0.3 is 6.03 Å². The summed E-state index contributed by atoms with van der Waals surface area (Å²) in [6.45, 7) is 5.11.